The lowest BCUT2D eigenvalue weighted by atomic mass is 10.1. The number of hydrogen-bond acceptors (Lipinski definition) is 4. The molecule has 0 aliphatic heterocycles. The second-order valence-electron chi connectivity index (χ2n) is 5.62. The summed E-state index contributed by atoms with van der Waals surface area (Å²) in [7, 11) is 0. The molecule has 2 N–H and O–H groups in total. The molecule has 3 aromatic rings. The molecule has 1 heterocycles. The molecule has 25 heavy (non-hydrogen) atoms. The van der Waals surface area contributed by atoms with Crippen molar-refractivity contribution in [3.8, 4) is 0 Å². The van der Waals surface area contributed by atoms with Crippen LogP contribution in [0, 0.1) is 0 Å². The molecule has 0 saturated heterocycles. The number of benzene rings is 2. The fourth-order valence-corrected chi connectivity index (χ4v) is 3.24. The summed E-state index contributed by atoms with van der Waals surface area (Å²) in [6, 6.07) is 17.1. The Morgan fingerprint density at radius 1 is 1.20 bits per heavy atom. The van der Waals surface area contributed by atoms with Crippen LogP contribution in [-0.4, -0.2) is 21.1 Å². The van der Waals surface area contributed by atoms with Gasteiger partial charge in [-0.1, -0.05) is 49.0 Å². The molecule has 0 saturated carbocycles. The minimum atomic E-state index is -0.111. The number of rotatable bonds is 6. The first kappa shape index (κ1) is 17.2. The molecule has 1 atom stereocenters. The highest BCUT2D eigenvalue weighted by Crippen LogP contribution is 2.33. The number of amides is 1. The Labute approximate surface area is 151 Å². The summed E-state index contributed by atoms with van der Waals surface area (Å²) in [6.07, 6.45) is 0.836. The zero-order valence-corrected chi connectivity index (χ0v) is 15.0. The Bertz CT molecular complexity index is 847. The van der Waals surface area contributed by atoms with E-state index in [0.717, 1.165) is 28.7 Å². The quantitative estimate of drug-likeness (QED) is 0.642. The van der Waals surface area contributed by atoms with E-state index in [4.69, 9.17) is 0 Å². The fraction of sp³-hybridized carbons (Fsp3) is 0.211. The van der Waals surface area contributed by atoms with Crippen LogP contribution in [0.2, 0.25) is 0 Å². The lowest BCUT2D eigenvalue weighted by Crippen LogP contribution is -2.11. The molecule has 1 aromatic heterocycles. The van der Waals surface area contributed by atoms with E-state index in [-0.39, 0.29) is 11.2 Å². The maximum absolute atomic E-state index is 12.3. The number of aryl methyl sites for hydroxylation is 1. The summed E-state index contributed by atoms with van der Waals surface area (Å²) in [6.45, 7) is 4.14. The standard InChI is InChI=1S/C19H20N4OS/c1-3-17-21-19(23-22-17)25-13(2)15-10-7-11-16(12-15)20-18(24)14-8-5-4-6-9-14/h4-13H,3H2,1-2H3,(H,20,24)(H,21,22,23). The zero-order chi connectivity index (χ0) is 17.6. The van der Waals surface area contributed by atoms with Crippen molar-refractivity contribution in [2.24, 2.45) is 0 Å². The maximum atomic E-state index is 12.3. The van der Waals surface area contributed by atoms with Gasteiger partial charge < -0.3 is 5.32 Å². The van der Waals surface area contributed by atoms with Gasteiger partial charge in [0.15, 0.2) is 0 Å². The average molecular weight is 352 g/mol. The van der Waals surface area contributed by atoms with Gasteiger partial charge in [0, 0.05) is 22.9 Å². The normalized spacial score (nSPS) is 11.9. The second-order valence-corrected chi connectivity index (χ2v) is 6.93. The Hall–Kier alpha value is -2.60. The fourth-order valence-electron chi connectivity index (χ4n) is 2.38. The van der Waals surface area contributed by atoms with E-state index < -0.39 is 0 Å². The third-order valence-corrected chi connectivity index (χ3v) is 4.80. The summed E-state index contributed by atoms with van der Waals surface area (Å²) in [5.41, 5.74) is 2.53. The van der Waals surface area contributed by atoms with Gasteiger partial charge in [0.1, 0.15) is 5.82 Å². The largest absolute Gasteiger partial charge is 0.322 e. The van der Waals surface area contributed by atoms with Gasteiger partial charge >= 0.3 is 0 Å². The van der Waals surface area contributed by atoms with Gasteiger partial charge in [-0.05, 0) is 36.8 Å². The number of carbonyl (C=O) groups excluding carboxylic acids is 1. The first-order chi connectivity index (χ1) is 12.2. The Morgan fingerprint density at radius 2 is 2.00 bits per heavy atom. The van der Waals surface area contributed by atoms with Crippen LogP contribution in [0.4, 0.5) is 5.69 Å². The van der Waals surface area contributed by atoms with Gasteiger partial charge in [0.25, 0.3) is 5.91 Å². The Balaban J connectivity index is 1.69. The summed E-state index contributed by atoms with van der Waals surface area (Å²) in [4.78, 5) is 16.7. The molecule has 1 amide bonds. The predicted octanol–water partition coefficient (Wildman–Crippen LogP) is 4.47. The summed E-state index contributed by atoms with van der Waals surface area (Å²) in [5.74, 6) is 0.776. The average Bonchev–Trinajstić information content (AvgIpc) is 3.10. The van der Waals surface area contributed by atoms with Gasteiger partial charge in [-0.3, -0.25) is 9.89 Å². The van der Waals surface area contributed by atoms with Crippen molar-refractivity contribution in [2.75, 3.05) is 5.32 Å². The molecule has 0 radical (unpaired) electrons. The van der Waals surface area contributed by atoms with Crippen molar-refractivity contribution >= 4 is 23.4 Å². The molecule has 3 rings (SSSR count). The van der Waals surface area contributed by atoms with Crippen molar-refractivity contribution in [2.45, 2.75) is 30.7 Å². The minimum absolute atomic E-state index is 0.111. The third-order valence-electron chi connectivity index (χ3n) is 3.78. The second kappa shape index (κ2) is 7.98. The predicted molar refractivity (Wildman–Crippen MR) is 101 cm³/mol. The van der Waals surface area contributed by atoms with Gasteiger partial charge in [0.2, 0.25) is 5.16 Å². The summed E-state index contributed by atoms with van der Waals surface area (Å²) >= 11 is 1.59. The SMILES string of the molecule is CCc1nc(SC(C)c2cccc(NC(=O)c3ccccc3)c2)n[nH]1. The smallest absolute Gasteiger partial charge is 0.255 e. The van der Waals surface area contributed by atoms with Crippen molar-refractivity contribution in [1.29, 1.82) is 0 Å². The summed E-state index contributed by atoms with van der Waals surface area (Å²) < 4.78 is 0. The number of anilines is 1. The first-order valence-corrected chi connectivity index (χ1v) is 9.08. The van der Waals surface area contributed by atoms with Crippen LogP contribution < -0.4 is 5.32 Å². The molecule has 2 aromatic carbocycles. The van der Waals surface area contributed by atoms with Crippen LogP contribution in [-0.2, 0) is 6.42 Å². The molecular formula is C19H20N4OS. The van der Waals surface area contributed by atoms with Gasteiger partial charge in [-0.25, -0.2) is 4.98 Å². The molecule has 0 fully saturated rings. The number of hydrogen-bond donors (Lipinski definition) is 2. The number of thioether (sulfide) groups is 1. The molecule has 6 heteroatoms. The van der Waals surface area contributed by atoms with E-state index in [1.54, 1.807) is 23.9 Å². The molecule has 5 nitrogen and oxygen atoms in total. The molecule has 0 aliphatic rings. The highest BCUT2D eigenvalue weighted by Gasteiger charge is 2.12. The van der Waals surface area contributed by atoms with Gasteiger partial charge in [-0.15, -0.1) is 5.10 Å². The lowest BCUT2D eigenvalue weighted by molar-refractivity contribution is 0.102. The van der Waals surface area contributed by atoms with Crippen molar-refractivity contribution in [3.05, 3.63) is 71.5 Å². The van der Waals surface area contributed by atoms with Crippen LogP contribution >= 0.6 is 11.8 Å². The number of nitrogens with zero attached hydrogens (tertiary/aromatic N) is 2. The highest BCUT2D eigenvalue weighted by molar-refractivity contribution is 7.99. The highest BCUT2D eigenvalue weighted by atomic mass is 32.2. The number of carbonyl (C=O) groups is 1. The van der Waals surface area contributed by atoms with Gasteiger partial charge in [-0.2, -0.15) is 0 Å². The van der Waals surface area contributed by atoms with Crippen molar-refractivity contribution in [3.63, 3.8) is 0 Å². The zero-order valence-electron chi connectivity index (χ0n) is 14.2. The first-order valence-electron chi connectivity index (χ1n) is 8.20. The third kappa shape index (κ3) is 4.48. The Kier molecular flexibility index (Phi) is 5.50. The number of aromatic amines is 1. The van der Waals surface area contributed by atoms with E-state index in [9.17, 15) is 4.79 Å². The van der Waals surface area contributed by atoms with Gasteiger partial charge in [0.05, 0.1) is 0 Å². The molecule has 1 unspecified atom stereocenters. The molecule has 0 spiro atoms. The van der Waals surface area contributed by atoms with E-state index >= 15 is 0 Å². The summed E-state index contributed by atoms with van der Waals surface area (Å²) in [5, 5.41) is 11.0. The monoisotopic (exact) mass is 352 g/mol. The maximum Gasteiger partial charge on any atom is 0.255 e. The van der Waals surface area contributed by atoms with Crippen LogP contribution in [0.3, 0.4) is 0 Å². The molecule has 128 valence electrons. The van der Waals surface area contributed by atoms with Crippen LogP contribution in [0.1, 0.15) is 40.8 Å². The van der Waals surface area contributed by atoms with E-state index in [1.165, 1.54) is 0 Å². The lowest BCUT2D eigenvalue weighted by Gasteiger charge is -2.12. The number of aromatic nitrogens is 3. The van der Waals surface area contributed by atoms with Crippen LogP contribution in [0.15, 0.2) is 59.8 Å². The Morgan fingerprint density at radius 3 is 2.72 bits per heavy atom. The van der Waals surface area contributed by atoms with E-state index in [0.29, 0.717) is 5.56 Å². The minimum Gasteiger partial charge on any atom is -0.322 e. The number of nitrogens with one attached hydrogen (secondary N) is 2. The van der Waals surface area contributed by atoms with Crippen molar-refractivity contribution < 1.29 is 4.79 Å². The van der Waals surface area contributed by atoms with Crippen LogP contribution in [0.25, 0.3) is 0 Å². The van der Waals surface area contributed by atoms with E-state index in [1.807, 2.05) is 49.4 Å². The van der Waals surface area contributed by atoms with Crippen molar-refractivity contribution in [1.82, 2.24) is 15.2 Å². The topological polar surface area (TPSA) is 70.7 Å². The van der Waals surface area contributed by atoms with Crippen LogP contribution in [0.5, 0.6) is 0 Å². The molecular weight excluding hydrogens is 332 g/mol. The van der Waals surface area contributed by atoms with E-state index in [2.05, 4.69) is 27.4 Å². The molecule has 0 bridgehead atoms. The number of H-pyrrole nitrogens is 1. The molecule has 0 aliphatic carbocycles.